The lowest BCUT2D eigenvalue weighted by molar-refractivity contribution is -0.127. The molecule has 0 rings (SSSR count). The number of ketones is 1. The molecule has 132 valence electrons. The number of carbonyl (C=O) groups is 1. The summed E-state index contributed by atoms with van der Waals surface area (Å²) in [5.74, 6) is 1.20. The van der Waals surface area contributed by atoms with Gasteiger partial charge < -0.3 is 5.11 Å². The van der Waals surface area contributed by atoms with Gasteiger partial charge in [0.25, 0.3) is 0 Å². The van der Waals surface area contributed by atoms with E-state index in [-0.39, 0.29) is 11.5 Å². The predicted octanol–water partition coefficient (Wildman–Crippen LogP) is 5.77. The number of Topliss-reactive ketones (excluding diaryl/α,β-unsaturated/α-hetero) is 1. The fraction of sp³-hybridized carbons (Fsp3) is 0.950. The Hall–Kier alpha value is -0.370. The first-order valence-corrected chi connectivity index (χ1v) is 9.39. The second kappa shape index (κ2) is 11.2. The third kappa shape index (κ3) is 10.4. The molecular formula is C20H40O2. The molecule has 0 heterocycles. The van der Waals surface area contributed by atoms with Crippen molar-refractivity contribution in [2.45, 2.75) is 105 Å². The second-order valence-corrected chi connectivity index (χ2v) is 8.26. The van der Waals surface area contributed by atoms with E-state index in [1.54, 1.807) is 0 Å². The van der Waals surface area contributed by atoms with Crippen molar-refractivity contribution in [1.29, 1.82) is 0 Å². The molecule has 0 aromatic rings. The van der Waals surface area contributed by atoms with Gasteiger partial charge in [-0.15, -0.1) is 0 Å². The Kier molecular flexibility index (Phi) is 11.0. The third-order valence-corrected chi connectivity index (χ3v) is 4.73. The monoisotopic (exact) mass is 312 g/mol. The summed E-state index contributed by atoms with van der Waals surface area (Å²) in [6, 6.07) is 0. The molecule has 0 saturated heterocycles. The fourth-order valence-corrected chi connectivity index (χ4v) is 3.05. The van der Waals surface area contributed by atoms with Crippen LogP contribution in [-0.2, 0) is 4.79 Å². The van der Waals surface area contributed by atoms with Crippen LogP contribution in [0.1, 0.15) is 99.3 Å². The Balaban J connectivity index is 4.37. The van der Waals surface area contributed by atoms with E-state index < -0.39 is 0 Å². The molecule has 0 aliphatic carbocycles. The van der Waals surface area contributed by atoms with Crippen LogP contribution in [0.3, 0.4) is 0 Å². The van der Waals surface area contributed by atoms with Crippen LogP contribution < -0.4 is 0 Å². The zero-order valence-electron chi connectivity index (χ0n) is 16.0. The lowest BCUT2D eigenvalue weighted by atomic mass is 9.77. The highest BCUT2D eigenvalue weighted by molar-refractivity contribution is 5.83. The van der Waals surface area contributed by atoms with Crippen LogP contribution in [0.4, 0.5) is 0 Å². The van der Waals surface area contributed by atoms with E-state index in [0.717, 1.165) is 12.8 Å². The minimum absolute atomic E-state index is 0.246. The van der Waals surface area contributed by atoms with Gasteiger partial charge in [-0.3, -0.25) is 4.79 Å². The highest BCUT2D eigenvalue weighted by Crippen LogP contribution is 2.30. The number of aliphatic hydroxyl groups excluding tert-OH is 1. The van der Waals surface area contributed by atoms with Crippen molar-refractivity contribution in [2.24, 2.45) is 17.3 Å². The van der Waals surface area contributed by atoms with Crippen LogP contribution in [0.15, 0.2) is 0 Å². The van der Waals surface area contributed by atoms with Crippen molar-refractivity contribution in [3.63, 3.8) is 0 Å². The number of unbranched alkanes of at least 4 members (excludes halogenated alkanes) is 5. The number of hydrogen-bond donors (Lipinski definition) is 1. The van der Waals surface area contributed by atoms with Gasteiger partial charge in [0.2, 0.25) is 0 Å². The van der Waals surface area contributed by atoms with E-state index in [1.165, 1.54) is 38.5 Å². The molecule has 0 amide bonds. The maximum atomic E-state index is 12.4. The van der Waals surface area contributed by atoms with E-state index in [1.807, 2.05) is 27.7 Å². The average molecular weight is 313 g/mol. The summed E-state index contributed by atoms with van der Waals surface area (Å²) >= 11 is 0. The molecule has 0 aromatic heterocycles. The smallest absolute Gasteiger partial charge is 0.138 e. The van der Waals surface area contributed by atoms with Gasteiger partial charge in [0, 0.05) is 11.8 Å². The van der Waals surface area contributed by atoms with Crippen LogP contribution in [0.2, 0.25) is 0 Å². The van der Waals surface area contributed by atoms with Crippen LogP contribution in [0.25, 0.3) is 0 Å². The lowest BCUT2D eigenvalue weighted by Crippen LogP contribution is -2.26. The van der Waals surface area contributed by atoms with Gasteiger partial charge in [-0.05, 0) is 31.6 Å². The molecule has 0 aliphatic rings. The largest absolute Gasteiger partial charge is 0.393 e. The molecule has 0 saturated carbocycles. The summed E-state index contributed by atoms with van der Waals surface area (Å²) < 4.78 is 0. The quantitative estimate of drug-likeness (QED) is 0.465. The van der Waals surface area contributed by atoms with Crippen molar-refractivity contribution in [3.05, 3.63) is 0 Å². The second-order valence-electron chi connectivity index (χ2n) is 8.26. The number of hydrogen-bond acceptors (Lipinski definition) is 2. The zero-order valence-corrected chi connectivity index (χ0v) is 16.0. The first kappa shape index (κ1) is 21.6. The molecule has 2 heteroatoms. The van der Waals surface area contributed by atoms with Gasteiger partial charge in [0.05, 0.1) is 6.10 Å². The summed E-state index contributed by atoms with van der Waals surface area (Å²) in [6.07, 6.45) is 10.1. The lowest BCUT2D eigenvalue weighted by Gasteiger charge is -2.27. The van der Waals surface area contributed by atoms with Gasteiger partial charge in [-0.25, -0.2) is 0 Å². The van der Waals surface area contributed by atoms with Gasteiger partial charge in [-0.1, -0.05) is 73.1 Å². The van der Waals surface area contributed by atoms with Crippen LogP contribution >= 0.6 is 0 Å². The van der Waals surface area contributed by atoms with Crippen molar-refractivity contribution >= 4 is 5.78 Å². The normalized spacial score (nSPS) is 16.3. The third-order valence-electron chi connectivity index (χ3n) is 4.73. The minimum Gasteiger partial charge on any atom is -0.393 e. The zero-order chi connectivity index (χ0) is 17.2. The van der Waals surface area contributed by atoms with Crippen molar-refractivity contribution in [3.8, 4) is 0 Å². The van der Waals surface area contributed by atoms with E-state index >= 15 is 0 Å². The Bertz CT molecular complexity index is 289. The van der Waals surface area contributed by atoms with Crippen LogP contribution in [0.5, 0.6) is 0 Å². The molecule has 1 N–H and O–H groups in total. The van der Waals surface area contributed by atoms with E-state index in [4.69, 9.17) is 0 Å². The van der Waals surface area contributed by atoms with Gasteiger partial charge in [0.1, 0.15) is 5.78 Å². The average Bonchev–Trinajstić information content (AvgIpc) is 2.39. The van der Waals surface area contributed by atoms with Crippen LogP contribution in [-0.4, -0.2) is 17.0 Å². The summed E-state index contributed by atoms with van der Waals surface area (Å²) in [5.41, 5.74) is -0.246. The molecular weight excluding hydrogens is 272 g/mol. The molecule has 0 fully saturated rings. The molecule has 2 nitrogen and oxygen atoms in total. The number of rotatable bonds is 12. The Morgan fingerprint density at radius 2 is 1.55 bits per heavy atom. The van der Waals surface area contributed by atoms with Gasteiger partial charge in [0.15, 0.2) is 0 Å². The molecule has 0 bridgehead atoms. The highest BCUT2D eigenvalue weighted by atomic mass is 16.3. The van der Waals surface area contributed by atoms with Gasteiger partial charge >= 0.3 is 0 Å². The summed E-state index contributed by atoms with van der Waals surface area (Å²) in [6.45, 7) is 12.3. The fourth-order valence-electron chi connectivity index (χ4n) is 3.05. The topological polar surface area (TPSA) is 37.3 Å². The first-order chi connectivity index (χ1) is 10.2. The minimum atomic E-state index is -0.271. The SMILES string of the molecule is CCCCCCCC[C@@H](CC(=O)C(C)(C)C)[C@H](C)C[C@H](C)O. The Morgan fingerprint density at radius 1 is 1.00 bits per heavy atom. The summed E-state index contributed by atoms with van der Waals surface area (Å²) in [4.78, 5) is 12.4. The molecule has 0 unspecified atom stereocenters. The standard InChI is InChI=1S/C20H40O2/c1-7-8-9-10-11-12-13-18(16(2)14-17(3)21)15-19(22)20(4,5)6/h16-18,21H,7-15H2,1-6H3/t16-,17+,18+/m1/s1. The Morgan fingerprint density at radius 3 is 2.05 bits per heavy atom. The van der Waals surface area contributed by atoms with Crippen molar-refractivity contribution in [2.75, 3.05) is 0 Å². The van der Waals surface area contributed by atoms with Crippen molar-refractivity contribution < 1.29 is 9.90 Å². The van der Waals surface area contributed by atoms with Gasteiger partial charge in [-0.2, -0.15) is 0 Å². The van der Waals surface area contributed by atoms with E-state index in [2.05, 4.69) is 13.8 Å². The predicted molar refractivity (Wildman–Crippen MR) is 96.0 cm³/mol. The van der Waals surface area contributed by atoms with Crippen molar-refractivity contribution in [1.82, 2.24) is 0 Å². The van der Waals surface area contributed by atoms with Crippen LogP contribution in [0, 0.1) is 17.3 Å². The molecule has 0 radical (unpaired) electrons. The summed E-state index contributed by atoms with van der Waals surface area (Å²) in [5, 5.41) is 9.65. The summed E-state index contributed by atoms with van der Waals surface area (Å²) in [7, 11) is 0. The highest BCUT2D eigenvalue weighted by Gasteiger charge is 2.27. The Labute approximate surface area is 139 Å². The van der Waals surface area contributed by atoms with E-state index in [0.29, 0.717) is 24.0 Å². The molecule has 22 heavy (non-hydrogen) atoms. The molecule has 0 aliphatic heterocycles. The molecule has 0 spiro atoms. The maximum absolute atomic E-state index is 12.4. The molecule has 0 aromatic carbocycles. The first-order valence-electron chi connectivity index (χ1n) is 9.39. The van der Waals surface area contributed by atoms with E-state index in [9.17, 15) is 9.90 Å². The molecule has 3 atom stereocenters. The number of aliphatic hydroxyl groups is 1. The maximum Gasteiger partial charge on any atom is 0.138 e. The number of carbonyl (C=O) groups excluding carboxylic acids is 1.